The van der Waals surface area contributed by atoms with Crippen LogP contribution in [0.25, 0.3) is 20.8 Å². The van der Waals surface area contributed by atoms with E-state index in [2.05, 4.69) is 33.8 Å². The number of hydrogen-bond donors (Lipinski definition) is 2. The Morgan fingerprint density at radius 1 is 1.07 bits per heavy atom. The van der Waals surface area contributed by atoms with E-state index in [4.69, 9.17) is 17.2 Å². The summed E-state index contributed by atoms with van der Waals surface area (Å²) in [4.78, 5) is 10.0. The Morgan fingerprint density at radius 2 is 1.96 bits per heavy atom. The first-order valence-corrected chi connectivity index (χ1v) is 10.7. The number of nitrogens with one attached hydrogen (secondary N) is 2. The van der Waals surface area contributed by atoms with Gasteiger partial charge in [0.25, 0.3) is 0 Å². The monoisotopic (exact) mass is 408 g/mol. The minimum Gasteiger partial charge on any atom is -0.332 e. The van der Waals surface area contributed by atoms with Crippen LogP contribution < -0.4 is 10.6 Å². The van der Waals surface area contributed by atoms with Crippen molar-refractivity contribution >= 4 is 62.0 Å². The summed E-state index contributed by atoms with van der Waals surface area (Å²) in [5.41, 5.74) is 3.93. The molecule has 4 nitrogen and oxygen atoms in total. The predicted molar refractivity (Wildman–Crippen MR) is 121 cm³/mol. The topological polar surface area (TPSA) is 49.8 Å². The number of thioether (sulfide) groups is 1. The van der Waals surface area contributed by atoms with Gasteiger partial charge in [-0.1, -0.05) is 24.3 Å². The van der Waals surface area contributed by atoms with Gasteiger partial charge in [-0.3, -0.25) is 4.98 Å². The van der Waals surface area contributed by atoms with E-state index >= 15 is 0 Å². The molecule has 0 aliphatic heterocycles. The number of anilines is 2. The summed E-state index contributed by atoms with van der Waals surface area (Å²) in [5, 5.41) is 8.05. The maximum Gasteiger partial charge on any atom is 0.175 e. The Labute approximate surface area is 171 Å². The van der Waals surface area contributed by atoms with Crippen molar-refractivity contribution in [2.24, 2.45) is 0 Å². The number of para-hydroxylation sites is 1. The zero-order valence-electron chi connectivity index (χ0n) is 14.5. The van der Waals surface area contributed by atoms with Crippen LogP contribution in [-0.2, 0) is 0 Å². The highest BCUT2D eigenvalue weighted by atomic mass is 32.2. The number of pyridine rings is 1. The lowest BCUT2D eigenvalue weighted by Gasteiger charge is -2.13. The highest BCUT2D eigenvalue weighted by Gasteiger charge is 2.08. The van der Waals surface area contributed by atoms with E-state index in [-0.39, 0.29) is 0 Å². The van der Waals surface area contributed by atoms with Crippen molar-refractivity contribution in [2.75, 3.05) is 16.9 Å². The molecule has 0 bridgehead atoms. The smallest absolute Gasteiger partial charge is 0.175 e. The number of thiazole rings is 1. The lowest BCUT2D eigenvalue weighted by Crippen LogP contribution is -2.19. The normalized spacial score (nSPS) is 10.7. The van der Waals surface area contributed by atoms with Gasteiger partial charge in [0.05, 0.1) is 15.9 Å². The molecule has 4 rings (SSSR count). The number of hydrogen-bond acceptors (Lipinski definition) is 5. The van der Waals surface area contributed by atoms with Crippen LogP contribution in [0.5, 0.6) is 0 Å². The molecule has 0 saturated carbocycles. The first kappa shape index (κ1) is 17.9. The summed E-state index contributed by atoms with van der Waals surface area (Å²) < 4.78 is 1.08. The third kappa shape index (κ3) is 4.10. The maximum atomic E-state index is 5.49. The molecule has 7 heteroatoms. The summed E-state index contributed by atoms with van der Waals surface area (Å²) >= 11 is 8.80. The highest BCUT2D eigenvalue weighted by Crippen LogP contribution is 2.31. The molecule has 0 aliphatic carbocycles. The predicted octanol–water partition coefficient (Wildman–Crippen LogP) is 5.89. The molecule has 0 unspecified atom stereocenters. The number of thiocarbonyl (C=S) groups is 1. The van der Waals surface area contributed by atoms with Crippen LogP contribution in [-0.4, -0.2) is 21.3 Å². The molecule has 134 valence electrons. The fraction of sp³-hybridized carbons (Fsp3) is 0.0500. The van der Waals surface area contributed by atoms with E-state index in [9.17, 15) is 0 Å². The van der Waals surface area contributed by atoms with Crippen molar-refractivity contribution in [3.63, 3.8) is 0 Å². The maximum absolute atomic E-state index is 5.49. The van der Waals surface area contributed by atoms with Gasteiger partial charge in [0.15, 0.2) is 5.11 Å². The standard InChI is InChI=1S/C20H16N4S3/c1-26-17-8-3-2-7-15(17)24-20(25)22-14-6-4-5-13(11-14)19-23-16-9-10-21-12-18(16)27-19/h2-12H,1H3,(H2,22,24,25). The number of benzene rings is 2. The summed E-state index contributed by atoms with van der Waals surface area (Å²) in [5.74, 6) is 0. The Hall–Kier alpha value is -2.48. The van der Waals surface area contributed by atoms with Gasteiger partial charge in [-0.15, -0.1) is 23.1 Å². The molecule has 4 aromatic rings. The molecule has 0 radical (unpaired) electrons. The van der Waals surface area contributed by atoms with Crippen LogP contribution in [0.4, 0.5) is 11.4 Å². The van der Waals surface area contributed by atoms with Gasteiger partial charge in [-0.25, -0.2) is 4.98 Å². The van der Waals surface area contributed by atoms with E-state index in [1.165, 1.54) is 0 Å². The quantitative estimate of drug-likeness (QED) is 0.324. The van der Waals surface area contributed by atoms with E-state index in [1.54, 1.807) is 29.3 Å². The van der Waals surface area contributed by atoms with Crippen LogP contribution in [0.3, 0.4) is 0 Å². The van der Waals surface area contributed by atoms with Crippen molar-refractivity contribution in [3.8, 4) is 10.6 Å². The molecular weight excluding hydrogens is 392 g/mol. The molecule has 0 amide bonds. The number of nitrogens with zero attached hydrogens (tertiary/aromatic N) is 2. The number of fused-ring (bicyclic) bond motifs is 1. The van der Waals surface area contributed by atoms with Gasteiger partial charge in [0, 0.05) is 28.5 Å². The van der Waals surface area contributed by atoms with Gasteiger partial charge < -0.3 is 10.6 Å². The third-order valence-corrected chi connectivity index (χ3v) is 5.97. The Morgan fingerprint density at radius 3 is 2.81 bits per heavy atom. The lowest BCUT2D eigenvalue weighted by atomic mass is 10.2. The van der Waals surface area contributed by atoms with Crippen LogP contribution >= 0.6 is 35.3 Å². The summed E-state index contributed by atoms with van der Waals surface area (Å²) in [6, 6.07) is 18.1. The second-order valence-corrected chi connectivity index (χ2v) is 8.01. The van der Waals surface area contributed by atoms with Crippen molar-refractivity contribution in [1.29, 1.82) is 0 Å². The minimum absolute atomic E-state index is 0.558. The van der Waals surface area contributed by atoms with Gasteiger partial charge >= 0.3 is 0 Å². The first-order valence-electron chi connectivity index (χ1n) is 8.25. The highest BCUT2D eigenvalue weighted by molar-refractivity contribution is 7.98. The van der Waals surface area contributed by atoms with Crippen molar-refractivity contribution in [2.45, 2.75) is 4.90 Å². The lowest BCUT2D eigenvalue weighted by molar-refractivity contribution is 1.36. The van der Waals surface area contributed by atoms with Gasteiger partial charge in [0.2, 0.25) is 0 Å². The van der Waals surface area contributed by atoms with Gasteiger partial charge in [-0.2, -0.15) is 0 Å². The van der Waals surface area contributed by atoms with Crippen molar-refractivity contribution in [3.05, 3.63) is 67.0 Å². The fourth-order valence-electron chi connectivity index (χ4n) is 2.67. The molecule has 0 spiro atoms. The largest absolute Gasteiger partial charge is 0.332 e. The second-order valence-electron chi connectivity index (χ2n) is 5.72. The van der Waals surface area contributed by atoms with E-state index in [1.807, 2.05) is 48.9 Å². The minimum atomic E-state index is 0.558. The molecule has 0 fully saturated rings. The average molecular weight is 409 g/mol. The molecule has 0 saturated heterocycles. The molecule has 0 aliphatic rings. The molecule has 2 heterocycles. The van der Waals surface area contributed by atoms with Crippen LogP contribution in [0.1, 0.15) is 0 Å². The first-order chi connectivity index (χ1) is 13.2. The molecule has 2 aromatic heterocycles. The zero-order valence-corrected chi connectivity index (χ0v) is 16.9. The van der Waals surface area contributed by atoms with Crippen molar-refractivity contribution < 1.29 is 0 Å². The molecule has 27 heavy (non-hydrogen) atoms. The average Bonchev–Trinajstić information content (AvgIpc) is 3.13. The zero-order chi connectivity index (χ0) is 18.6. The van der Waals surface area contributed by atoms with Crippen molar-refractivity contribution in [1.82, 2.24) is 9.97 Å². The second kappa shape index (κ2) is 8.04. The number of rotatable bonds is 4. The van der Waals surface area contributed by atoms with Gasteiger partial charge in [0.1, 0.15) is 5.01 Å². The Balaban J connectivity index is 1.53. The van der Waals surface area contributed by atoms with E-state index in [0.29, 0.717) is 5.11 Å². The van der Waals surface area contributed by atoms with Gasteiger partial charge in [-0.05, 0) is 48.8 Å². The molecule has 2 aromatic carbocycles. The third-order valence-electron chi connectivity index (χ3n) is 3.91. The summed E-state index contributed by atoms with van der Waals surface area (Å²) in [6.07, 6.45) is 5.66. The van der Waals surface area contributed by atoms with E-state index < -0.39 is 0 Å². The Bertz CT molecular complexity index is 1070. The molecular formula is C20H16N4S3. The van der Waals surface area contributed by atoms with Crippen LogP contribution in [0.2, 0.25) is 0 Å². The SMILES string of the molecule is CSc1ccccc1NC(=S)Nc1cccc(-c2nc3ccncc3s2)c1. The van der Waals surface area contributed by atoms with E-state index in [0.717, 1.165) is 37.1 Å². The van der Waals surface area contributed by atoms with Crippen LogP contribution in [0.15, 0.2) is 71.9 Å². The number of aromatic nitrogens is 2. The summed E-state index contributed by atoms with van der Waals surface area (Å²) in [6.45, 7) is 0. The molecule has 0 atom stereocenters. The van der Waals surface area contributed by atoms with Crippen LogP contribution in [0, 0.1) is 0 Å². The summed E-state index contributed by atoms with van der Waals surface area (Å²) in [7, 11) is 0. The fourth-order valence-corrected chi connectivity index (χ4v) is 4.38. The molecule has 2 N–H and O–H groups in total. The Kier molecular flexibility index (Phi) is 5.33.